The van der Waals surface area contributed by atoms with Crippen molar-refractivity contribution in [3.63, 3.8) is 0 Å². The Morgan fingerprint density at radius 2 is 1.69 bits per heavy atom. The molecular formula is C25H21BrIN3O6. The van der Waals surface area contributed by atoms with Gasteiger partial charge in [-0.2, -0.15) is 5.10 Å². The molecule has 0 aliphatic carbocycles. The summed E-state index contributed by atoms with van der Waals surface area (Å²) in [6, 6.07) is 16.7. The lowest BCUT2D eigenvalue weighted by Crippen LogP contribution is -2.35. The van der Waals surface area contributed by atoms with Crippen LogP contribution < -0.4 is 25.0 Å². The Labute approximate surface area is 229 Å². The first-order valence-electron chi connectivity index (χ1n) is 10.4. The minimum absolute atomic E-state index is 0.225. The Morgan fingerprint density at radius 3 is 2.42 bits per heavy atom. The molecule has 0 heterocycles. The molecule has 0 aromatic heterocycles. The second-order valence-electron chi connectivity index (χ2n) is 7.10. The van der Waals surface area contributed by atoms with Crippen LogP contribution in [0.5, 0.6) is 17.2 Å². The van der Waals surface area contributed by atoms with E-state index >= 15 is 0 Å². The first kappa shape index (κ1) is 27.1. The lowest BCUT2D eigenvalue weighted by atomic mass is 10.2. The van der Waals surface area contributed by atoms with Gasteiger partial charge in [-0.3, -0.25) is 9.59 Å². The maximum absolute atomic E-state index is 12.7. The molecule has 0 fully saturated rings. The van der Waals surface area contributed by atoms with Gasteiger partial charge in [0, 0.05) is 13.6 Å². The van der Waals surface area contributed by atoms with Gasteiger partial charge in [-0.25, -0.2) is 10.2 Å². The van der Waals surface area contributed by atoms with Crippen molar-refractivity contribution in [3.8, 4) is 17.2 Å². The first-order valence-corrected chi connectivity index (χ1v) is 12.3. The summed E-state index contributed by atoms with van der Waals surface area (Å²) < 4.78 is 17.4. The molecule has 0 saturated heterocycles. The van der Waals surface area contributed by atoms with Crippen LogP contribution in [0.3, 0.4) is 0 Å². The zero-order valence-electron chi connectivity index (χ0n) is 19.2. The van der Waals surface area contributed by atoms with Crippen molar-refractivity contribution in [2.24, 2.45) is 5.10 Å². The zero-order chi connectivity index (χ0) is 26.1. The standard InChI is InChI=1S/C25H21BrIN3O6/c1-34-21-9-7-15(12-22(21)35-2)25(33)36-20-10-8-17(26)11-16(20)13-29-30-23(31)14-28-24(32)18-5-3-4-6-19(18)27/h3-13H,14H2,1-2H3,(H,28,32)(H,30,31)/b29-13-. The monoisotopic (exact) mass is 665 g/mol. The van der Waals surface area contributed by atoms with Crippen LogP contribution in [-0.4, -0.2) is 44.8 Å². The number of ether oxygens (including phenoxy) is 3. The predicted octanol–water partition coefficient (Wildman–Crippen LogP) is 4.17. The van der Waals surface area contributed by atoms with E-state index in [0.717, 1.165) is 3.57 Å². The van der Waals surface area contributed by atoms with Crippen LogP contribution in [0.25, 0.3) is 0 Å². The van der Waals surface area contributed by atoms with Gasteiger partial charge in [0.05, 0.1) is 38.1 Å². The molecule has 9 nitrogen and oxygen atoms in total. The fourth-order valence-corrected chi connectivity index (χ4v) is 3.96. The third kappa shape index (κ3) is 7.28. The van der Waals surface area contributed by atoms with E-state index in [1.54, 1.807) is 48.5 Å². The van der Waals surface area contributed by atoms with E-state index in [2.05, 4.69) is 31.8 Å². The summed E-state index contributed by atoms with van der Waals surface area (Å²) in [6.45, 7) is -0.263. The average Bonchev–Trinajstić information content (AvgIpc) is 2.88. The largest absolute Gasteiger partial charge is 0.493 e. The fourth-order valence-electron chi connectivity index (χ4n) is 2.95. The quantitative estimate of drug-likeness (QED) is 0.117. The Kier molecular flexibility index (Phi) is 9.82. The third-order valence-corrected chi connectivity index (χ3v) is 6.15. The number of hydrogen-bond donors (Lipinski definition) is 2. The molecule has 0 atom stereocenters. The maximum Gasteiger partial charge on any atom is 0.343 e. The van der Waals surface area contributed by atoms with Gasteiger partial charge in [0.25, 0.3) is 11.8 Å². The molecule has 186 valence electrons. The number of halogens is 2. The van der Waals surface area contributed by atoms with Gasteiger partial charge >= 0.3 is 5.97 Å². The van der Waals surface area contributed by atoms with Crippen molar-refractivity contribution in [3.05, 3.63) is 85.4 Å². The highest BCUT2D eigenvalue weighted by molar-refractivity contribution is 14.1. The molecule has 2 N–H and O–H groups in total. The Bertz CT molecular complexity index is 1310. The summed E-state index contributed by atoms with van der Waals surface area (Å²) in [5.74, 6) is -0.407. The summed E-state index contributed by atoms with van der Waals surface area (Å²) in [4.78, 5) is 37.1. The number of carbonyl (C=O) groups is 3. The van der Waals surface area contributed by atoms with Crippen LogP contribution >= 0.6 is 38.5 Å². The summed E-state index contributed by atoms with van der Waals surface area (Å²) in [6.07, 6.45) is 1.34. The molecule has 0 saturated carbocycles. The number of nitrogens with one attached hydrogen (secondary N) is 2. The van der Waals surface area contributed by atoms with Gasteiger partial charge in [0.15, 0.2) is 11.5 Å². The first-order chi connectivity index (χ1) is 17.3. The van der Waals surface area contributed by atoms with E-state index < -0.39 is 11.9 Å². The minimum Gasteiger partial charge on any atom is -0.493 e. The number of hydrogen-bond acceptors (Lipinski definition) is 7. The fraction of sp³-hybridized carbons (Fsp3) is 0.120. The van der Waals surface area contributed by atoms with Crippen LogP contribution in [0.4, 0.5) is 0 Å². The number of amides is 2. The van der Waals surface area contributed by atoms with Crippen molar-refractivity contribution < 1.29 is 28.6 Å². The summed E-state index contributed by atoms with van der Waals surface area (Å²) in [7, 11) is 2.97. The number of nitrogens with zero attached hydrogens (tertiary/aromatic N) is 1. The Morgan fingerprint density at radius 1 is 0.972 bits per heavy atom. The van der Waals surface area contributed by atoms with Crippen LogP contribution in [0.15, 0.2) is 70.2 Å². The molecule has 2 amide bonds. The maximum atomic E-state index is 12.7. The van der Waals surface area contributed by atoms with Crippen molar-refractivity contribution in [1.82, 2.24) is 10.7 Å². The van der Waals surface area contributed by atoms with Crippen LogP contribution in [0.1, 0.15) is 26.3 Å². The number of rotatable bonds is 9. The number of methoxy groups -OCH3 is 2. The lowest BCUT2D eigenvalue weighted by Gasteiger charge is -2.11. The highest BCUT2D eigenvalue weighted by Crippen LogP contribution is 2.29. The summed E-state index contributed by atoms with van der Waals surface area (Å²) in [5.41, 5.74) is 3.51. The van der Waals surface area contributed by atoms with Gasteiger partial charge in [-0.05, 0) is 71.1 Å². The van der Waals surface area contributed by atoms with E-state index in [1.807, 2.05) is 28.7 Å². The molecule has 3 rings (SSSR count). The van der Waals surface area contributed by atoms with Gasteiger partial charge in [-0.1, -0.05) is 28.1 Å². The molecule has 0 radical (unpaired) electrons. The smallest absolute Gasteiger partial charge is 0.343 e. The Hall–Kier alpha value is -3.45. The Balaban J connectivity index is 1.63. The van der Waals surface area contributed by atoms with Crippen LogP contribution in [0.2, 0.25) is 0 Å². The number of hydrazone groups is 1. The van der Waals surface area contributed by atoms with Gasteiger partial charge in [0.2, 0.25) is 0 Å². The lowest BCUT2D eigenvalue weighted by molar-refractivity contribution is -0.120. The van der Waals surface area contributed by atoms with E-state index in [1.165, 1.54) is 26.5 Å². The molecule has 0 bridgehead atoms. The average molecular weight is 666 g/mol. The summed E-state index contributed by atoms with van der Waals surface area (Å²) >= 11 is 5.41. The second kappa shape index (κ2) is 13.0. The summed E-state index contributed by atoms with van der Waals surface area (Å²) in [5, 5.41) is 6.46. The van der Waals surface area contributed by atoms with E-state index in [9.17, 15) is 14.4 Å². The van der Waals surface area contributed by atoms with Crippen molar-refractivity contribution in [2.45, 2.75) is 0 Å². The minimum atomic E-state index is -0.616. The highest BCUT2D eigenvalue weighted by Gasteiger charge is 2.15. The normalized spacial score (nSPS) is 10.6. The number of carbonyl (C=O) groups excluding carboxylic acids is 3. The van der Waals surface area contributed by atoms with E-state index in [4.69, 9.17) is 14.2 Å². The molecular weight excluding hydrogens is 645 g/mol. The number of esters is 1. The van der Waals surface area contributed by atoms with Crippen molar-refractivity contribution >= 4 is 62.5 Å². The van der Waals surface area contributed by atoms with Gasteiger partial charge in [0.1, 0.15) is 5.75 Å². The van der Waals surface area contributed by atoms with E-state index in [-0.39, 0.29) is 23.8 Å². The third-order valence-electron chi connectivity index (χ3n) is 4.71. The molecule has 0 aliphatic heterocycles. The van der Waals surface area contributed by atoms with Gasteiger partial charge < -0.3 is 19.5 Å². The molecule has 36 heavy (non-hydrogen) atoms. The van der Waals surface area contributed by atoms with Crippen molar-refractivity contribution in [2.75, 3.05) is 20.8 Å². The molecule has 0 unspecified atom stereocenters. The van der Waals surface area contributed by atoms with Gasteiger partial charge in [-0.15, -0.1) is 0 Å². The second-order valence-corrected chi connectivity index (χ2v) is 9.17. The predicted molar refractivity (Wildman–Crippen MR) is 146 cm³/mol. The topological polar surface area (TPSA) is 115 Å². The molecule has 3 aromatic carbocycles. The van der Waals surface area contributed by atoms with Crippen LogP contribution in [0, 0.1) is 3.57 Å². The SMILES string of the molecule is COc1ccc(C(=O)Oc2ccc(Br)cc2/C=N\NC(=O)CNC(=O)c2ccccc2I)cc1OC. The van der Waals surface area contributed by atoms with Crippen LogP contribution in [-0.2, 0) is 4.79 Å². The number of benzene rings is 3. The molecule has 0 spiro atoms. The van der Waals surface area contributed by atoms with E-state index in [0.29, 0.717) is 27.1 Å². The highest BCUT2D eigenvalue weighted by atomic mass is 127. The zero-order valence-corrected chi connectivity index (χ0v) is 23.0. The van der Waals surface area contributed by atoms with Crippen molar-refractivity contribution in [1.29, 1.82) is 0 Å². The molecule has 0 aliphatic rings. The molecule has 11 heteroatoms. The molecule has 3 aromatic rings.